The first-order chi connectivity index (χ1) is 7.22. The monoisotopic (exact) mass is 209 g/mol. The highest BCUT2D eigenvalue weighted by atomic mass is 16.5. The van der Waals surface area contributed by atoms with E-state index in [1.807, 2.05) is 10.8 Å². The molecular formula is C9H15N5O. The summed E-state index contributed by atoms with van der Waals surface area (Å²) in [5, 5.41) is 7.40. The van der Waals surface area contributed by atoms with Crippen molar-refractivity contribution in [1.29, 1.82) is 5.41 Å². The Morgan fingerprint density at radius 1 is 1.60 bits per heavy atom. The van der Waals surface area contributed by atoms with Crippen molar-refractivity contribution in [1.82, 2.24) is 14.5 Å². The average molecular weight is 209 g/mol. The first-order valence-electron chi connectivity index (χ1n) is 4.81. The van der Waals surface area contributed by atoms with E-state index in [1.54, 1.807) is 24.5 Å². The molecule has 1 fully saturated rings. The number of ether oxygens (including phenoxy) is 1. The first-order valence-corrected chi connectivity index (χ1v) is 4.81. The maximum absolute atomic E-state index is 7.40. The highest BCUT2D eigenvalue weighted by Crippen LogP contribution is 2.23. The van der Waals surface area contributed by atoms with Gasteiger partial charge in [0.15, 0.2) is 5.96 Å². The number of imidazole rings is 1. The molecule has 1 aromatic rings. The largest absolute Gasteiger partial charge is 0.377 e. The van der Waals surface area contributed by atoms with Gasteiger partial charge in [-0.15, -0.1) is 0 Å². The Bertz CT molecular complexity index is 336. The number of nitrogens with zero attached hydrogens (tertiary/aromatic N) is 3. The zero-order chi connectivity index (χ0) is 10.8. The van der Waals surface area contributed by atoms with Crippen LogP contribution in [0.2, 0.25) is 0 Å². The molecule has 0 saturated carbocycles. The van der Waals surface area contributed by atoms with E-state index < -0.39 is 0 Å². The van der Waals surface area contributed by atoms with Gasteiger partial charge in [-0.25, -0.2) is 4.98 Å². The van der Waals surface area contributed by atoms with Crippen LogP contribution in [0.1, 0.15) is 6.04 Å². The lowest BCUT2D eigenvalue weighted by atomic mass is 10.2. The number of methoxy groups -OCH3 is 1. The van der Waals surface area contributed by atoms with Crippen molar-refractivity contribution in [2.45, 2.75) is 12.1 Å². The number of rotatable bonds is 2. The summed E-state index contributed by atoms with van der Waals surface area (Å²) in [5.74, 6) is 0.0969. The van der Waals surface area contributed by atoms with E-state index >= 15 is 0 Å². The highest BCUT2D eigenvalue weighted by Gasteiger charge is 2.34. The number of nitrogens with one attached hydrogen (secondary N) is 1. The Morgan fingerprint density at radius 2 is 2.40 bits per heavy atom. The molecule has 6 nitrogen and oxygen atoms in total. The van der Waals surface area contributed by atoms with Gasteiger partial charge in [-0.3, -0.25) is 5.41 Å². The quantitative estimate of drug-likeness (QED) is 0.515. The van der Waals surface area contributed by atoms with Crippen molar-refractivity contribution in [3.8, 4) is 0 Å². The van der Waals surface area contributed by atoms with E-state index in [0.29, 0.717) is 13.1 Å². The summed E-state index contributed by atoms with van der Waals surface area (Å²) in [4.78, 5) is 5.81. The summed E-state index contributed by atoms with van der Waals surface area (Å²) in [6, 6.07) is 0.182. The van der Waals surface area contributed by atoms with Gasteiger partial charge in [-0.1, -0.05) is 0 Å². The van der Waals surface area contributed by atoms with Gasteiger partial charge in [0.25, 0.3) is 0 Å². The molecule has 2 heterocycles. The molecule has 1 saturated heterocycles. The van der Waals surface area contributed by atoms with Gasteiger partial charge < -0.3 is 19.9 Å². The number of likely N-dealkylation sites (tertiary alicyclic amines) is 1. The van der Waals surface area contributed by atoms with Crippen molar-refractivity contribution in [3.63, 3.8) is 0 Å². The minimum absolute atomic E-state index is 0.0584. The molecule has 2 atom stereocenters. The van der Waals surface area contributed by atoms with Gasteiger partial charge in [0, 0.05) is 32.6 Å². The van der Waals surface area contributed by atoms with Crippen LogP contribution < -0.4 is 5.73 Å². The molecule has 3 N–H and O–H groups in total. The molecule has 0 aliphatic carbocycles. The van der Waals surface area contributed by atoms with Gasteiger partial charge in [0.2, 0.25) is 0 Å². The summed E-state index contributed by atoms with van der Waals surface area (Å²) in [6.45, 7) is 1.36. The first kappa shape index (κ1) is 9.97. The van der Waals surface area contributed by atoms with Crippen molar-refractivity contribution in [2.24, 2.45) is 5.73 Å². The third kappa shape index (κ3) is 1.80. The van der Waals surface area contributed by atoms with E-state index in [4.69, 9.17) is 15.9 Å². The van der Waals surface area contributed by atoms with Crippen molar-refractivity contribution in [2.75, 3.05) is 20.2 Å². The zero-order valence-corrected chi connectivity index (χ0v) is 8.63. The van der Waals surface area contributed by atoms with Crippen molar-refractivity contribution in [3.05, 3.63) is 18.7 Å². The molecule has 0 bridgehead atoms. The SMILES string of the molecule is CO[C@H]1CN(C(=N)N)C[C@@H]1n1ccnc1. The van der Waals surface area contributed by atoms with Gasteiger partial charge in [0.05, 0.1) is 18.5 Å². The molecule has 0 aromatic carbocycles. The Kier molecular flexibility index (Phi) is 2.59. The normalized spacial score (nSPS) is 25.8. The second-order valence-electron chi connectivity index (χ2n) is 3.64. The van der Waals surface area contributed by atoms with Crippen molar-refractivity contribution < 1.29 is 4.74 Å². The third-order valence-electron chi connectivity index (χ3n) is 2.79. The molecule has 0 amide bonds. The van der Waals surface area contributed by atoms with Crippen LogP contribution in [0, 0.1) is 5.41 Å². The predicted molar refractivity (Wildman–Crippen MR) is 55.5 cm³/mol. The van der Waals surface area contributed by atoms with E-state index in [9.17, 15) is 0 Å². The van der Waals surface area contributed by atoms with Gasteiger partial charge >= 0.3 is 0 Å². The lowest BCUT2D eigenvalue weighted by Crippen LogP contribution is -2.35. The maximum Gasteiger partial charge on any atom is 0.188 e. The molecule has 1 aromatic heterocycles. The third-order valence-corrected chi connectivity index (χ3v) is 2.79. The fourth-order valence-corrected chi connectivity index (χ4v) is 1.94. The van der Waals surface area contributed by atoms with Crippen LogP contribution in [0.15, 0.2) is 18.7 Å². The molecule has 0 radical (unpaired) electrons. The number of guanidine groups is 1. The Labute approximate surface area is 88.2 Å². The van der Waals surface area contributed by atoms with Crippen LogP contribution in [0.4, 0.5) is 0 Å². The van der Waals surface area contributed by atoms with Gasteiger partial charge in [-0.05, 0) is 0 Å². The minimum Gasteiger partial charge on any atom is -0.377 e. The number of aromatic nitrogens is 2. The summed E-state index contributed by atoms with van der Waals surface area (Å²) < 4.78 is 7.38. The zero-order valence-electron chi connectivity index (χ0n) is 8.63. The molecule has 82 valence electrons. The van der Waals surface area contributed by atoms with E-state index in [2.05, 4.69) is 4.98 Å². The lowest BCUT2D eigenvalue weighted by molar-refractivity contribution is 0.0841. The van der Waals surface area contributed by atoms with Crippen LogP contribution in [0.5, 0.6) is 0 Å². The maximum atomic E-state index is 7.40. The second kappa shape index (κ2) is 3.90. The van der Waals surface area contributed by atoms with Crippen LogP contribution in [0.3, 0.4) is 0 Å². The summed E-state index contributed by atoms with van der Waals surface area (Å²) in [5.41, 5.74) is 5.46. The van der Waals surface area contributed by atoms with Crippen LogP contribution in [0.25, 0.3) is 0 Å². The Balaban J connectivity index is 2.15. The molecule has 1 aliphatic heterocycles. The number of nitrogens with two attached hydrogens (primary N) is 1. The average Bonchev–Trinajstić information content (AvgIpc) is 2.86. The van der Waals surface area contributed by atoms with Crippen LogP contribution >= 0.6 is 0 Å². The fourth-order valence-electron chi connectivity index (χ4n) is 1.94. The topological polar surface area (TPSA) is 80.2 Å². The highest BCUT2D eigenvalue weighted by molar-refractivity contribution is 5.75. The van der Waals surface area contributed by atoms with Gasteiger partial charge in [-0.2, -0.15) is 0 Å². The number of hydrogen-bond acceptors (Lipinski definition) is 3. The van der Waals surface area contributed by atoms with Crippen LogP contribution in [-0.4, -0.2) is 46.7 Å². The van der Waals surface area contributed by atoms with E-state index in [0.717, 1.165) is 0 Å². The molecule has 0 spiro atoms. The molecular weight excluding hydrogens is 194 g/mol. The smallest absolute Gasteiger partial charge is 0.188 e. The minimum atomic E-state index is 0.0584. The number of hydrogen-bond donors (Lipinski definition) is 2. The second-order valence-corrected chi connectivity index (χ2v) is 3.64. The molecule has 1 aliphatic rings. The Hall–Kier alpha value is -1.56. The standard InChI is InChI=1S/C9H15N5O/c1-15-8-5-14(9(10)11)4-7(8)13-3-2-12-6-13/h2-3,6-8H,4-5H2,1H3,(H3,10,11)/t7-,8-/m0/s1. The predicted octanol–water partition coefficient (Wildman–Crippen LogP) is -0.352. The molecule has 2 rings (SSSR count). The summed E-state index contributed by atoms with van der Waals surface area (Å²) in [6.07, 6.45) is 5.46. The van der Waals surface area contributed by atoms with Gasteiger partial charge in [0.1, 0.15) is 0 Å². The Morgan fingerprint density at radius 3 is 2.93 bits per heavy atom. The van der Waals surface area contributed by atoms with Crippen LogP contribution in [-0.2, 0) is 4.74 Å². The molecule has 6 heteroatoms. The van der Waals surface area contributed by atoms with Crippen molar-refractivity contribution >= 4 is 5.96 Å². The summed E-state index contributed by atoms with van der Waals surface area (Å²) in [7, 11) is 1.68. The van der Waals surface area contributed by atoms with E-state index in [-0.39, 0.29) is 18.1 Å². The van der Waals surface area contributed by atoms with E-state index in [1.165, 1.54) is 0 Å². The molecule has 15 heavy (non-hydrogen) atoms. The molecule has 0 unspecified atom stereocenters. The summed E-state index contributed by atoms with van der Waals surface area (Å²) >= 11 is 0. The fraction of sp³-hybridized carbons (Fsp3) is 0.556. The lowest BCUT2D eigenvalue weighted by Gasteiger charge is -2.17.